The molecule has 0 spiro atoms. The highest BCUT2D eigenvalue weighted by molar-refractivity contribution is 6.05. The van der Waals surface area contributed by atoms with Crippen LogP contribution in [0.5, 0.6) is 0 Å². The lowest BCUT2D eigenvalue weighted by atomic mass is 10.0. The zero-order valence-corrected chi connectivity index (χ0v) is 6.65. The Bertz CT molecular complexity index is 278. The molecule has 0 aliphatic carbocycles. The van der Waals surface area contributed by atoms with Gasteiger partial charge in [-0.3, -0.25) is 9.59 Å². The van der Waals surface area contributed by atoms with Crippen molar-refractivity contribution in [3.63, 3.8) is 0 Å². The van der Waals surface area contributed by atoms with Crippen LogP contribution >= 0.6 is 0 Å². The van der Waals surface area contributed by atoms with Crippen molar-refractivity contribution < 1.29 is 14.7 Å². The first kappa shape index (κ1) is 8.64. The lowest BCUT2D eigenvalue weighted by Gasteiger charge is -2.09. The minimum absolute atomic E-state index is 0.174. The van der Waals surface area contributed by atoms with E-state index in [-0.39, 0.29) is 12.3 Å². The number of carbonyl (C=O) groups excluding carboxylic acids is 1. The second-order valence-corrected chi connectivity index (χ2v) is 2.65. The number of nitrogens with zero attached hydrogens (tertiary/aromatic N) is 1. The van der Waals surface area contributed by atoms with Crippen LogP contribution in [-0.4, -0.2) is 22.7 Å². The number of rotatable bonds is 2. The monoisotopic (exact) mass is 167 g/mol. The van der Waals surface area contributed by atoms with Crippen molar-refractivity contribution >= 4 is 17.6 Å². The van der Waals surface area contributed by atoms with Crippen LogP contribution in [0, 0.1) is 5.92 Å². The molecule has 0 aromatic carbocycles. The fourth-order valence-electron chi connectivity index (χ4n) is 0.975. The Kier molecular flexibility index (Phi) is 2.38. The SMILES string of the molecule is CC1=NC(=O)C(CC(=O)O)C=C1. The molecule has 0 fully saturated rings. The molecule has 1 heterocycles. The Balaban J connectivity index is 2.66. The fraction of sp³-hybridized carbons (Fsp3) is 0.375. The molecule has 1 atom stereocenters. The summed E-state index contributed by atoms with van der Waals surface area (Å²) in [4.78, 5) is 24.9. The van der Waals surface area contributed by atoms with E-state index >= 15 is 0 Å². The number of allylic oxidation sites excluding steroid dienone is 1. The number of hydrogen-bond donors (Lipinski definition) is 1. The van der Waals surface area contributed by atoms with Crippen LogP contribution in [0.3, 0.4) is 0 Å². The molecule has 0 saturated carbocycles. The minimum atomic E-state index is -0.979. The molecular formula is C8H9NO3. The molecule has 0 saturated heterocycles. The molecule has 1 aliphatic rings. The molecule has 1 aliphatic heterocycles. The number of dihydropyridines is 1. The van der Waals surface area contributed by atoms with Gasteiger partial charge in [-0.1, -0.05) is 6.08 Å². The Morgan fingerprint density at radius 3 is 2.92 bits per heavy atom. The fourth-order valence-corrected chi connectivity index (χ4v) is 0.975. The number of carboxylic acids is 1. The molecule has 1 amide bonds. The zero-order chi connectivity index (χ0) is 9.14. The predicted molar refractivity (Wildman–Crippen MR) is 43.0 cm³/mol. The third kappa shape index (κ3) is 2.02. The van der Waals surface area contributed by atoms with E-state index in [0.29, 0.717) is 5.71 Å². The zero-order valence-electron chi connectivity index (χ0n) is 6.65. The van der Waals surface area contributed by atoms with Gasteiger partial charge in [-0.05, 0) is 13.0 Å². The number of aliphatic imine (C=N–C) groups is 1. The summed E-state index contributed by atoms with van der Waals surface area (Å²) in [6.45, 7) is 1.70. The molecule has 0 aromatic heterocycles. The first-order valence-electron chi connectivity index (χ1n) is 3.58. The van der Waals surface area contributed by atoms with E-state index < -0.39 is 11.9 Å². The van der Waals surface area contributed by atoms with Crippen molar-refractivity contribution in [1.82, 2.24) is 0 Å². The molecule has 0 radical (unpaired) electrons. The molecular weight excluding hydrogens is 158 g/mol. The number of hydrogen-bond acceptors (Lipinski definition) is 2. The summed E-state index contributed by atoms with van der Waals surface area (Å²) in [5.41, 5.74) is 0.627. The molecule has 4 nitrogen and oxygen atoms in total. The standard InChI is InChI=1S/C8H9NO3/c1-5-2-3-6(4-7(10)11)8(12)9-5/h2-3,6H,4H2,1H3,(H,10,11). The van der Waals surface area contributed by atoms with Gasteiger partial charge in [-0.25, -0.2) is 4.99 Å². The molecule has 1 unspecified atom stereocenters. The van der Waals surface area contributed by atoms with E-state index in [9.17, 15) is 9.59 Å². The van der Waals surface area contributed by atoms with E-state index in [0.717, 1.165) is 0 Å². The van der Waals surface area contributed by atoms with E-state index in [1.54, 1.807) is 19.1 Å². The molecule has 1 N–H and O–H groups in total. The number of carboxylic acid groups (broad SMARTS) is 1. The maximum absolute atomic E-state index is 11.0. The van der Waals surface area contributed by atoms with Gasteiger partial charge in [0, 0.05) is 5.71 Å². The molecule has 64 valence electrons. The van der Waals surface area contributed by atoms with Crippen molar-refractivity contribution in [2.45, 2.75) is 13.3 Å². The van der Waals surface area contributed by atoms with E-state index in [1.165, 1.54) is 0 Å². The summed E-state index contributed by atoms with van der Waals surface area (Å²) in [6.07, 6.45) is 3.07. The Hall–Kier alpha value is -1.45. The van der Waals surface area contributed by atoms with Crippen molar-refractivity contribution in [2.75, 3.05) is 0 Å². The third-order valence-corrected chi connectivity index (χ3v) is 1.57. The third-order valence-electron chi connectivity index (χ3n) is 1.57. The average molecular weight is 167 g/mol. The van der Waals surface area contributed by atoms with Gasteiger partial charge < -0.3 is 5.11 Å². The van der Waals surface area contributed by atoms with Gasteiger partial charge in [0.25, 0.3) is 5.91 Å². The van der Waals surface area contributed by atoms with Gasteiger partial charge in [-0.2, -0.15) is 0 Å². The van der Waals surface area contributed by atoms with Crippen molar-refractivity contribution in [3.8, 4) is 0 Å². The highest BCUT2D eigenvalue weighted by Gasteiger charge is 2.20. The molecule has 0 bridgehead atoms. The topological polar surface area (TPSA) is 66.7 Å². The van der Waals surface area contributed by atoms with Crippen molar-refractivity contribution in [3.05, 3.63) is 12.2 Å². The van der Waals surface area contributed by atoms with Crippen molar-refractivity contribution in [2.24, 2.45) is 10.9 Å². The summed E-state index contributed by atoms with van der Waals surface area (Å²) >= 11 is 0. The van der Waals surface area contributed by atoms with E-state index in [2.05, 4.69) is 4.99 Å². The lowest BCUT2D eigenvalue weighted by Crippen LogP contribution is -2.18. The lowest BCUT2D eigenvalue weighted by molar-refractivity contribution is -0.139. The first-order valence-corrected chi connectivity index (χ1v) is 3.58. The first-order chi connectivity index (χ1) is 5.59. The second-order valence-electron chi connectivity index (χ2n) is 2.65. The van der Waals surface area contributed by atoms with Crippen molar-refractivity contribution in [1.29, 1.82) is 0 Å². The maximum atomic E-state index is 11.0. The van der Waals surface area contributed by atoms with Crippen LogP contribution in [0.25, 0.3) is 0 Å². The Morgan fingerprint density at radius 1 is 1.75 bits per heavy atom. The van der Waals surface area contributed by atoms with Crippen LogP contribution < -0.4 is 0 Å². The van der Waals surface area contributed by atoms with Gasteiger partial charge >= 0.3 is 5.97 Å². The quantitative estimate of drug-likeness (QED) is 0.656. The molecule has 0 aromatic rings. The number of aliphatic carboxylic acids is 1. The summed E-state index contributed by atoms with van der Waals surface area (Å²) < 4.78 is 0. The highest BCUT2D eigenvalue weighted by Crippen LogP contribution is 2.12. The summed E-state index contributed by atoms with van der Waals surface area (Å²) in [5, 5.41) is 8.41. The van der Waals surface area contributed by atoms with Crippen LogP contribution in [0.4, 0.5) is 0 Å². The Morgan fingerprint density at radius 2 is 2.42 bits per heavy atom. The summed E-state index contributed by atoms with van der Waals surface area (Å²) in [5.74, 6) is -1.92. The minimum Gasteiger partial charge on any atom is -0.481 e. The van der Waals surface area contributed by atoms with Crippen LogP contribution in [0.15, 0.2) is 17.1 Å². The molecule has 4 heteroatoms. The van der Waals surface area contributed by atoms with Gasteiger partial charge in [-0.15, -0.1) is 0 Å². The van der Waals surface area contributed by atoms with Crippen LogP contribution in [0.2, 0.25) is 0 Å². The number of carbonyl (C=O) groups is 2. The molecule has 1 rings (SSSR count). The summed E-state index contributed by atoms with van der Waals surface area (Å²) in [6, 6.07) is 0. The highest BCUT2D eigenvalue weighted by atomic mass is 16.4. The smallest absolute Gasteiger partial charge is 0.304 e. The predicted octanol–water partition coefficient (Wildman–Crippen LogP) is 0.635. The largest absolute Gasteiger partial charge is 0.481 e. The van der Waals surface area contributed by atoms with Gasteiger partial charge in [0.2, 0.25) is 0 Å². The van der Waals surface area contributed by atoms with E-state index in [1.807, 2.05) is 0 Å². The average Bonchev–Trinajstić information content (AvgIpc) is 1.94. The van der Waals surface area contributed by atoms with Crippen LogP contribution in [0.1, 0.15) is 13.3 Å². The number of amides is 1. The van der Waals surface area contributed by atoms with E-state index in [4.69, 9.17) is 5.11 Å². The van der Waals surface area contributed by atoms with Crippen LogP contribution in [-0.2, 0) is 9.59 Å². The van der Waals surface area contributed by atoms with Gasteiger partial charge in [0.1, 0.15) is 0 Å². The van der Waals surface area contributed by atoms with Gasteiger partial charge in [0.15, 0.2) is 0 Å². The second kappa shape index (κ2) is 3.30. The maximum Gasteiger partial charge on any atom is 0.304 e. The van der Waals surface area contributed by atoms with Gasteiger partial charge in [0.05, 0.1) is 12.3 Å². The Labute approximate surface area is 69.6 Å². The normalized spacial score (nSPS) is 22.2. The molecule has 12 heavy (non-hydrogen) atoms. The summed E-state index contributed by atoms with van der Waals surface area (Å²) in [7, 11) is 0.